The minimum Gasteiger partial charge on any atom is -0.497 e. The van der Waals surface area contributed by atoms with Crippen LogP contribution >= 0.6 is 0 Å². The summed E-state index contributed by atoms with van der Waals surface area (Å²) in [6, 6.07) is 9.25. The molecule has 0 heterocycles. The molecule has 0 unspecified atom stereocenters. The van der Waals surface area contributed by atoms with Gasteiger partial charge in [0.1, 0.15) is 11.4 Å². The van der Waals surface area contributed by atoms with Gasteiger partial charge in [0.25, 0.3) is 0 Å². The Labute approximate surface area is 167 Å². The SMILES string of the molecule is COc1ccc2c(c1)CCC[C@]2(O)CNS(=O)(=O)Cc1ccc(C(F)(F)F)cc1. The van der Waals surface area contributed by atoms with Gasteiger partial charge in [-0.25, -0.2) is 13.1 Å². The molecule has 29 heavy (non-hydrogen) atoms. The second-order valence-electron chi connectivity index (χ2n) is 7.18. The highest BCUT2D eigenvalue weighted by atomic mass is 32.2. The highest BCUT2D eigenvalue weighted by Crippen LogP contribution is 2.37. The van der Waals surface area contributed by atoms with Gasteiger partial charge in [0.05, 0.1) is 18.4 Å². The lowest BCUT2D eigenvalue weighted by molar-refractivity contribution is -0.137. The fraction of sp³-hybridized carbons (Fsp3) is 0.400. The Bertz CT molecular complexity index is 974. The molecule has 0 amide bonds. The van der Waals surface area contributed by atoms with E-state index in [9.17, 15) is 26.7 Å². The van der Waals surface area contributed by atoms with E-state index in [4.69, 9.17) is 4.74 Å². The van der Waals surface area contributed by atoms with Crippen LogP contribution < -0.4 is 9.46 Å². The number of methoxy groups -OCH3 is 1. The molecule has 0 fully saturated rings. The van der Waals surface area contributed by atoms with Gasteiger partial charge in [0.15, 0.2) is 0 Å². The standard InChI is InChI=1S/C20H22F3NO4S/c1-28-17-8-9-18-15(11-17)3-2-10-19(18,25)13-24-29(26,27)12-14-4-6-16(7-5-14)20(21,22)23/h4-9,11,24-25H,2-3,10,12-13H2,1H3/t19-/m0/s1. The second kappa shape index (κ2) is 7.97. The van der Waals surface area contributed by atoms with Crippen molar-refractivity contribution in [2.75, 3.05) is 13.7 Å². The normalized spacial score (nSPS) is 19.6. The Morgan fingerprint density at radius 2 is 1.86 bits per heavy atom. The summed E-state index contributed by atoms with van der Waals surface area (Å²) >= 11 is 0. The molecule has 0 spiro atoms. The third kappa shape index (κ3) is 5.09. The Balaban J connectivity index is 1.71. The average molecular weight is 429 g/mol. The van der Waals surface area contributed by atoms with Gasteiger partial charge in [0, 0.05) is 6.54 Å². The van der Waals surface area contributed by atoms with Gasteiger partial charge >= 0.3 is 6.18 Å². The van der Waals surface area contributed by atoms with Crippen molar-refractivity contribution >= 4 is 10.0 Å². The summed E-state index contributed by atoms with van der Waals surface area (Å²) < 4.78 is 70.3. The van der Waals surface area contributed by atoms with Crippen molar-refractivity contribution in [1.29, 1.82) is 0 Å². The number of aryl methyl sites for hydroxylation is 1. The molecule has 1 aliphatic carbocycles. The van der Waals surface area contributed by atoms with E-state index in [1.807, 2.05) is 6.07 Å². The molecule has 2 aromatic rings. The zero-order chi connectivity index (χ0) is 21.3. The maximum Gasteiger partial charge on any atom is 0.416 e. The molecule has 5 nitrogen and oxygen atoms in total. The number of benzene rings is 2. The predicted octanol–water partition coefficient (Wildman–Crippen LogP) is 3.36. The molecule has 9 heteroatoms. The maximum absolute atomic E-state index is 12.6. The summed E-state index contributed by atoms with van der Waals surface area (Å²) in [4.78, 5) is 0. The molecule has 158 valence electrons. The van der Waals surface area contributed by atoms with Gasteiger partial charge in [0.2, 0.25) is 10.0 Å². The lowest BCUT2D eigenvalue weighted by atomic mass is 9.79. The molecule has 0 saturated heterocycles. The van der Waals surface area contributed by atoms with Gasteiger partial charge in [-0.05, 0) is 60.2 Å². The molecule has 2 aromatic carbocycles. The molecule has 1 atom stereocenters. The van der Waals surface area contributed by atoms with E-state index in [1.54, 1.807) is 19.2 Å². The number of hydrogen-bond donors (Lipinski definition) is 2. The van der Waals surface area contributed by atoms with Gasteiger partial charge in [-0.3, -0.25) is 0 Å². The first-order valence-corrected chi connectivity index (χ1v) is 10.7. The first-order valence-electron chi connectivity index (χ1n) is 9.06. The first-order chi connectivity index (χ1) is 13.5. The number of aliphatic hydroxyl groups is 1. The monoisotopic (exact) mass is 429 g/mol. The number of fused-ring (bicyclic) bond motifs is 1. The van der Waals surface area contributed by atoms with Crippen LogP contribution in [0.1, 0.15) is 35.1 Å². The van der Waals surface area contributed by atoms with E-state index in [-0.39, 0.29) is 12.1 Å². The summed E-state index contributed by atoms with van der Waals surface area (Å²) in [5.74, 6) is 0.187. The summed E-state index contributed by atoms with van der Waals surface area (Å²) in [5.41, 5.74) is -0.407. The second-order valence-corrected chi connectivity index (χ2v) is 8.99. The maximum atomic E-state index is 12.6. The van der Waals surface area contributed by atoms with Crippen LogP contribution in [0, 0.1) is 0 Å². The summed E-state index contributed by atoms with van der Waals surface area (Å²) in [6.45, 7) is -0.213. The molecule has 2 N–H and O–H groups in total. The van der Waals surface area contributed by atoms with Crippen molar-refractivity contribution in [3.63, 3.8) is 0 Å². The van der Waals surface area contributed by atoms with Gasteiger partial charge < -0.3 is 9.84 Å². The highest BCUT2D eigenvalue weighted by molar-refractivity contribution is 7.88. The Kier molecular flexibility index (Phi) is 5.93. The summed E-state index contributed by atoms with van der Waals surface area (Å²) in [6.07, 6.45) is -2.63. The number of sulfonamides is 1. The number of rotatable bonds is 6. The van der Waals surface area contributed by atoms with E-state index in [0.29, 0.717) is 24.2 Å². The van der Waals surface area contributed by atoms with E-state index in [0.717, 1.165) is 36.2 Å². The molecule has 0 aromatic heterocycles. The predicted molar refractivity (Wildman–Crippen MR) is 102 cm³/mol. The van der Waals surface area contributed by atoms with Crippen LogP contribution in [-0.4, -0.2) is 27.2 Å². The van der Waals surface area contributed by atoms with Crippen LogP contribution in [0.25, 0.3) is 0 Å². The van der Waals surface area contributed by atoms with Crippen molar-refractivity contribution in [2.45, 2.75) is 36.8 Å². The average Bonchev–Trinajstić information content (AvgIpc) is 2.66. The number of hydrogen-bond acceptors (Lipinski definition) is 4. The number of halogens is 3. The fourth-order valence-electron chi connectivity index (χ4n) is 3.54. The molecule has 1 aliphatic rings. The topological polar surface area (TPSA) is 75.6 Å². The van der Waals surface area contributed by atoms with E-state index < -0.39 is 33.1 Å². The Hall–Kier alpha value is -2.10. The smallest absolute Gasteiger partial charge is 0.416 e. The largest absolute Gasteiger partial charge is 0.497 e. The summed E-state index contributed by atoms with van der Waals surface area (Å²) in [7, 11) is -2.30. The van der Waals surface area contributed by atoms with E-state index >= 15 is 0 Å². The fourth-order valence-corrected chi connectivity index (χ4v) is 4.73. The molecule has 0 radical (unpaired) electrons. The van der Waals surface area contributed by atoms with Crippen molar-refractivity contribution < 1.29 is 31.4 Å². The van der Waals surface area contributed by atoms with Crippen LogP contribution in [0.4, 0.5) is 13.2 Å². The number of nitrogens with one attached hydrogen (secondary N) is 1. The van der Waals surface area contributed by atoms with Crippen molar-refractivity contribution in [1.82, 2.24) is 4.72 Å². The number of ether oxygens (including phenoxy) is 1. The third-order valence-electron chi connectivity index (χ3n) is 5.07. The quantitative estimate of drug-likeness (QED) is 0.739. The van der Waals surface area contributed by atoms with Crippen LogP contribution in [0.2, 0.25) is 0 Å². The molecule has 3 rings (SSSR count). The van der Waals surface area contributed by atoms with Gasteiger partial charge in [-0.15, -0.1) is 0 Å². The zero-order valence-corrected chi connectivity index (χ0v) is 16.6. The Morgan fingerprint density at radius 3 is 2.48 bits per heavy atom. The first kappa shape index (κ1) is 21.6. The highest BCUT2D eigenvalue weighted by Gasteiger charge is 2.35. The molecular formula is C20H22F3NO4S. The molecule has 0 aliphatic heterocycles. The van der Waals surface area contributed by atoms with Crippen LogP contribution in [0.5, 0.6) is 5.75 Å². The summed E-state index contributed by atoms with van der Waals surface area (Å²) in [5, 5.41) is 11.0. The van der Waals surface area contributed by atoms with Crippen LogP contribution in [0.15, 0.2) is 42.5 Å². The van der Waals surface area contributed by atoms with Crippen LogP contribution in [-0.2, 0) is 34.0 Å². The lowest BCUT2D eigenvalue weighted by Crippen LogP contribution is -2.43. The van der Waals surface area contributed by atoms with Gasteiger partial charge in [-0.1, -0.05) is 18.2 Å². The van der Waals surface area contributed by atoms with Crippen molar-refractivity contribution in [3.05, 3.63) is 64.7 Å². The van der Waals surface area contributed by atoms with Crippen molar-refractivity contribution in [3.8, 4) is 5.75 Å². The van der Waals surface area contributed by atoms with Crippen molar-refractivity contribution in [2.24, 2.45) is 0 Å². The number of alkyl halides is 3. The minimum absolute atomic E-state index is 0.213. The third-order valence-corrected chi connectivity index (χ3v) is 6.37. The Morgan fingerprint density at radius 1 is 1.17 bits per heavy atom. The lowest BCUT2D eigenvalue weighted by Gasteiger charge is -2.34. The minimum atomic E-state index is -4.48. The molecule has 0 saturated carbocycles. The molecule has 0 bridgehead atoms. The van der Waals surface area contributed by atoms with Crippen LogP contribution in [0.3, 0.4) is 0 Å². The van der Waals surface area contributed by atoms with Gasteiger partial charge in [-0.2, -0.15) is 13.2 Å². The van der Waals surface area contributed by atoms with E-state index in [1.165, 1.54) is 0 Å². The van der Waals surface area contributed by atoms with E-state index in [2.05, 4.69) is 4.72 Å². The molecular weight excluding hydrogens is 407 g/mol. The zero-order valence-electron chi connectivity index (χ0n) is 15.8.